The van der Waals surface area contributed by atoms with Gasteiger partial charge in [-0.15, -0.1) is 10.1 Å². The average Bonchev–Trinajstić information content (AvgIpc) is 2.75. The van der Waals surface area contributed by atoms with Crippen molar-refractivity contribution in [1.82, 2.24) is 4.98 Å². The summed E-state index contributed by atoms with van der Waals surface area (Å²) in [4.78, 5) is 31.1. The number of phenolic OH excluding ortho intramolecular Hbond substituents is 1. The Balaban J connectivity index is 1.63. The molecule has 160 valence electrons. The fraction of sp³-hybridized carbons (Fsp3) is 0.143. The molecule has 3 aromatic rings. The minimum atomic E-state index is -0.901. The van der Waals surface area contributed by atoms with E-state index in [1.807, 2.05) is 0 Å². The SMILES string of the molecule is O=C(Cc1ccccc1Nc1c(O)cccc1Cl)OCc1cccc(CO[N+](=O)[O-])n1. The number of anilines is 2. The van der Waals surface area contributed by atoms with Crippen molar-refractivity contribution in [3.8, 4) is 5.75 Å². The maximum Gasteiger partial charge on any atom is 0.310 e. The predicted molar refractivity (Wildman–Crippen MR) is 112 cm³/mol. The number of nitrogens with zero attached hydrogens (tertiary/aromatic N) is 2. The Morgan fingerprint density at radius 1 is 1.06 bits per heavy atom. The van der Waals surface area contributed by atoms with Crippen molar-refractivity contribution in [2.75, 3.05) is 5.32 Å². The van der Waals surface area contributed by atoms with Crippen LogP contribution in [0.25, 0.3) is 0 Å². The highest BCUT2D eigenvalue weighted by molar-refractivity contribution is 6.33. The Hall–Kier alpha value is -3.85. The van der Waals surface area contributed by atoms with Gasteiger partial charge in [0.25, 0.3) is 5.09 Å². The van der Waals surface area contributed by atoms with Crippen molar-refractivity contribution in [2.24, 2.45) is 0 Å². The summed E-state index contributed by atoms with van der Waals surface area (Å²) in [6.07, 6.45) is -0.0293. The first-order valence-corrected chi connectivity index (χ1v) is 9.50. The monoisotopic (exact) mass is 443 g/mol. The van der Waals surface area contributed by atoms with Gasteiger partial charge in [-0.25, -0.2) is 0 Å². The lowest BCUT2D eigenvalue weighted by atomic mass is 10.1. The van der Waals surface area contributed by atoms with Crippen molar-refractivity contribution in [1.29, 1.82) is 0 Å². The van der Waals surface area contributed by atoms with E-state index in [1.165, 1.54) is 6.07 Å². The fourth-order valence-electron chi connectivity index (χ4n) is 2.74. The predicted octanol–water partition coefficient (Wildman–Crippen LogP) is 4.18. The number of para-hydroxylation sites is 2. The number of halogens is 1. The van der Waals surface area contributed by atoms with Crippen molar-refractivity contribution in [3.63, 3.8) is 0 Å². The highest BCUT2D eigenvalue weighted by Gasteiger charge is 2.13. The van der Waals surface area contributed by atoms with Gasteiger partial charge in [0.05, 0.1) is 28.5 Å². The number of ether oxygens (including phenoxy) is 1. The zero-order chi connectivity index (χ0) is 22.2. The molecule has 0 bridgehead atoms. The van der Waals surface area contributed by atoms with Gasteiger partial charge in [0.15, 0.2) is 0 Å². The normalized spacial score (nSPS) is 10.4. The zero-order valence-corrected chi connectivity index (χ0v) is 16.9. The number of pyridine rings is 1. The number of phenols is 1. The number of benzene rings is 2. The molecule has 0 aliphatic heterocycles. The number of esters is 1. The third-order valence-corrected chi connectivity index (χ3v) is 4.48. The van der Waals surface area contributed by atoms with Crippen LogP contribution in [0.1, 0.15) is 17.0 Å². The molecule has 31 heavy (non-hydrogen) atoms. The summed E-state index contributed by atoms with van der Waals surface area (Å²) in [6, 6.07) is 16.7. The van der Waals surface area contributed by atoms with Gasteiger partial charge in [-0.05, 0) is 35.9 Å². The quantitative estimate of drug-likeness (QED) is 0.218. The number of nitrogens with one attached hydrogen (secondary N) is 1. The van der Waals surface area contributed by atoms with E-state index in [-0.39, 0.29) is 25.4 Å². The molecule has 10 heteroatoms. The van der Waals surface area contributed by atoms with Crippen LogP contribution >= 0.6 is 11.6 Å². The maximum absolute atomic E-state index is 12.4. The highest BCUT2D eigenvalue weighted by atomic mass is 35.5. The molecule has 0 saturated carbocycles. The Bertz CT molecular complexity index is 1070. The topological polar surface area (TPSA) is 124 Å². The van der Waals surface area contributed by atoms with E-state index < -0.39 is 11.1 Å². The first kappa shape index (κ1) is 21.8. The van der Waals surface area contributed by atoms with Gasteiger partial charge in [-0.2, -0.15) is 0 Å². The van der Waals surface area contributed by atoms with Gasteiger partial charge in [-0.1, -0.05) is 41.9 Å². The summed E-state index contributed by atoms with van der Waals surface area (Å²) in [6.45, 7) is -0.380. The van der Waals surface area contributed by atoms with E-state index in [4.69, 9.17) is 16.3 Å². The summed E-state index contributed by atoms with van der Waals surface area (Å²) < 4.78 is 5.29. The van der Waals surface area contributed by atoms with E-state index in [0.29, 0.717) is 33.3 Å². The molecule has 9 nitrogen and oxygen atoms in total. The van der Waals surface area contributed by atoms with Crippen molar-refractivity contribution >= 4 is 28.9 Å². The second kappa shape index (κ2) is 10.3. The summed E-state index contributed by atoms with van der Waals surface area (Å²) in [5.74, 6) is -0.511. The number of hydrogen-bond acceptors (Lipinski definition) is 8. The molecule has 0 fully saturated rings. The fourth-order valence-corrected chi connectivity index (χ4v) is 2.95. The number of aromatic hydroxyl groups is 1. The maximum atomic E-state index is 12.4. The molecule has 1 heterocycles. The summed E-state index contributed by atoms with van der Waals surface area (Å²) in [7, 11) is 0. The van der Waals surface area contributed by atoms with E-state index in [1.54, 1.807) is 54.6 Å². The van der Waals surface area contributed by atoms with Crippen LogP contribution in [-0.2, 0) is 34.0 Å². The van der Waals surface area contributed by atoms with Gasteiger partial charge >= 0.3 is 5.97 Å². The molecule has 2 N–H and O–H groups in total. The zero-order valence-electron chi connectivity index (χ0n) is 16.2. The summed E-state index contributed by atoms with van der Waals surface area (Å²) in [5, 5.41) is 22.8. The Morgan fingerprint density at radius 3 is 2.52 bits per heavy atom. The van der Waals surface area contributed by atoms with Crippen LogP contribution in [-0.4, -0.2) is 21.1 Å². The number of hydrogen-bond donors (Lipinski definition) is 2. The molecule has 0 aliphatic rings. The molecule has 0 unspecified atom stereocenters. The van der Waals surface area contributed by atoms with Crippen molar-refractivity contribution in [3.05, 3.63) is 92.8 Å². The first-order valence-electron chi connectivity index (χ1n) is 9.12. The molecule has 1 aromatic heterocycles. The van der Waals surface area contributed by atoms with Crippen LogP contribution < -0.4 is 5.32 Å². The van der Waals surface area contributed by atoms with Crippen LogP contribution in [0.2, 0.25) is 5.02 Å². The van der Waals surface area contributed by atoms with Crippen molar-refractivity contribution in [2.45, 2.75) is 19.6 Å². The van der Waals surface area contributed by atoms with E-state index in [2.05, 4.69) is 15.1 Å². The molecule has 0 radical (unpaired) electrons. The molecular weight excluding hydrogens is 426 g/mol. The van der Waals surface area contributed by atoms with E-state index >= 15 is 0 Å². The molecule has 0 amide bonds. The van der Waals surface area contributed by atoms with E-state index in [0.717, 1.165) is 0 Å². The Labute approximate surface area is 182 Å². The first-order chi connectivity index (χ1) is 14.9. The Kier molecular flexibility index (Phi) is 7.23. The molecule has 0 saturated heterocycles. The highest BCUT2D eigenvalue weighted by Crippen LogP contribution is 2.34. The smallest absolute Gasteiger partial charge is 0.310 e. The lowest BCUT2D eigenvalue weighted by molar-refractivity contribution is -0.763. The minimum Gasteiger partial charge on any atom is -0.506 e. The molecule has 3 rings (SSSR count). The van der Waals surface area contributed by atoms with Gasteiger partial charge < -0.3 is 20.0 Å². The van der Waals surface area contributed by atoms with Gasteiger partial charge in [-0.3, -0.25) is 9.78 Å². The van der Waals surface area contributed by atoms with Crippen LogP contribution in [0.3, 0.4) is 0 Å². The lowest BCUT2D eigenvalue weighted by Crippen LogP contribution is -2.11. The van der Waals surface area contributed by atoms with E-state index in [9.17, 15) is 20.0 Å². The number of aromatic nitrogens is 1. The number of carbonyl (C=O) groups excluding carboxylic acids is 1. The molecule has 0 aliphatic carbocycles. The molecule has 2 aromatic carbocycles. The van der Waals surface area contributed by atoms with Crippen molar-refractivity contribution < 1.29 is 24.6 Å². The Morgan fingerprint density at radius 2 is 1.77 bits per heavy atom. The average molecular weight is 444 g/mol. The van der Waals surface area contributed by atoms with Crippen LogP contribution in [0, 0.1) is 10.1 Å². The second-order valence-corrected chi connectivity index (χ2v) is 6.78. The lowest BCUT2D eigenvalue weighted by Gasteiger charge is -2.14. The standard InChI is InChI=1S/C21H18ClN3O6/c22-17-8-4-10-19(26)21(17)24-18-9-2-1-5-14(18)11-20(27)30-12-15-6-3-7-16(23-15)13-31-25(28)29/h1-10,24,26H,11-13H2. The largest absolute Gasteiger partial charge is 0.506 e. The van der Waals surface area contributed by atoms with Gasteiger partial charge in [0.1, 0.15) is 19.0 Å². The van der Waals surface area contributed by atoms with Crippen LogP contribution in [0.5, 0.6) is 5.75 Å². The van der Waals surface area contributed by atoms with Gasteiger partial charge in [0.2, 0.25) is 0 Å². The van der Waals surface area contributed by atoms with Crippen LogP contribution in [0.15, 0.2) is 60.7 Å². The van der Waals surface area contributed by atoms with Gasteiger partial charge in [0, 0.05) is 5.69 Å². The molecule has 0 atom stereocenters. The third kappa shape index (κ3) is 6.31. The third-order valence-electron chi connectivity index (χ3n) is 4.17. The number of carbonyl (C=O) groups is 1. The summed E-state index contributed by atoms with van der Waals surface area (Å²) in [5.41, 5.74) is 2.36. The second-order valence-electron chi connectivity index (χ2n) is 6.37. The minimum absolute atomic E-state index is 0.0168. The number of rotatable bonds is 9. The molecular formula is C21H18ClN3O6. The molecule has 0 spiro atoms. The van der Waals surface area contributed by atoms with Crippen LogP contribution in [0.4, 0.5) is 11.4 Å². The summed E-state index contributed by atoms with van der Waals surface area (Å²) >= 11 is 6.14.